The Morgan fingerprint density at radius 3 is 2.29 bits per heavy atom. The van der Waals surface area contributed by atoms with Gasteiger partial charge in [0.25, 0.3) is 5.91 Å². The van der Waals surface area contributed by atoms with Crippen LogP contribution in [0.1, 0.15) is 42.6 Å². The summed E-state index contributed by atoms with van der Waals surface area (Å²) in [6.07, 6.45) is 1.98. The highest BCUT2D eigenvalue weighted by Gasteiger charge is 2.22. The Bertz CT molecular complexity index is 560. The molecule has 132 valence electrons. The molecule has 5 nitrogen and oxygen atoms in total. The summed E-state index contributed by atoms with van der Waals surface area (Å²) in [6.45, 7) is 6.64. The summed E-state index contributed by atoms with van der Waals surface area (Å²) >= 11 is 0. The zero-order valence-electron chi connectivity index (χ0n) is 15.0. The van der Waals surface area contributed by atoms with Gasteiger partial charge in [0.05, 0.1) is 0 Å². The Hall–Kier alpha value is -1.88. The number of likely N-dealkylation sites (tertiary alicyclic amines) is 1. The Morgan fingerprint density at radius 1 is 1.21 bits per heavy atom. The predicted octanol–water partition coefficient (Wildman–Crippen LogP) is 2.11. The van der Waals surface area contributed by atoms with Crippen molar-refractivity contribution in [1.82, 2.24) is 9.80 Å². The number of amides is 2. The molecule has 0 atom stereocenters. The van der Waals surface area contributed by atoms with E-state index in [1.807, 2.05) is 50.1 Å². The molecule has 1 heterocycles. The molecular formula is C19H29N3O2. The van der Waals surface area contributed by atoms with Crippen molar-refractivity contribution in [2.45, 2.75) is 33.2 Å². The van der Waals surface area contributed by atoms with Crippen LogP contribution in [0.4, 0.5) is 0 Å². The first-order chi connectivity index (χ1) is 11.4. The highest BCUT2D eigenvalue weighted by atomic mass is 16.2. The number of nitrogens with zero attached hydrogens (tertiary/aromatic N) is 2. The molecule has 1 aromatic carbocycles. The minimum Gasteiger partial charge on any atom is -0.341 e. The Labute approximate surface area is 144 Å². The third-order valence-corrected chi connectivity index (χ3v) is 4.73. The third-order valence-electron chi connectivity index (χ3n) is 4.73. The van der Waals surface area contributed by atoms with Crippen molar-refractivity contribution in [3.8, 4) is 0 Å². The molecule has 0 saturated carbocycles. The van der Waals surface area contributed by atoms with Crippen LogP contribution in [0, 0.1) is 11.8 Å². The summed E-state index contributed by atoms with van der Waals surface area (Å²) in [7, 11) is 1.81. The van der Waals surface area contributed by atoms with Gasteiger partial charge in [0.2, 0.25) is 5.91 Å². The molecule has 0 spiro atoms. The van der Waals surface area contributed by atoms with E-state index in [1.54, 1.807) is 4.90 Å². The lowest BCUT2D eigenvalue weighted by Crippen LogP contribution is -2.40. The highest BCUT2D eigenvalue weighted by Crippen LogP contribution is 2.18. The van der Waals surface area contributed by atoms with Crippen LogP contribution in [0.2, 0.25) is 0 Å². The maximum Gasteiger partial charge on any atom is 0.253 e. The summed E-state index contributed by atoms with van der Waals surface area (Å²) in [6, 6.07) is 7.59. The second-order valence-corrected chi connectivity index (χ2v) is 7.02. The number of hydrogen-bond donors (Lipinski definition) is 1. The topological polar surface area (TPSA) is 66.6 Å². The minimum atomic E-state index is -0.00713. The summed E-state index contributed by atoms with van der Waals surface area (Å²) in [5, 5.41) is 0. The van der Waals surface area contributed by atoms with E-state index >= 15 is 0 Å². The molecule has 5 heteroatoms. The van der Waals surface area contributed by atoms with E-state index in [1.165, 1.54) is 0 Å². The lowest BCUT2D eigenvalue weighted by Gasteiger charge is -2.31. The number of piperidine rings is 1. The first-order valence-corrected chi connectivity index (χ1v) is 8.75. The smallest absolute Gasteiger partial charge is 0.253 e. The van der Waals surface area contributed by atoms with Gasteiger partial charge >= 0.3 is 0 Å². The van der Waals surface area contributed by atoms with E-state index in [4.69, 9.17) is 5.73 Å². The summed E-state index contributed by atoms with van der Waals surface area (Å²) in [4.78, 5) is 28.1. The summed E-state index contributed by atoms with van der Waals surface area (Å²) < 4.78 is 0. The van der Waals surface area contributed by atoms with Gasteiger partial charge in [-0.05, 0) is 43.0 Å². The number of carbonyl (C=O) groups excluding carboxylic acids is 2. The van der Waals surface area contributed by atoms with Gasteiger partial charge in [-0.1, -0.05) is 26.0 Å². The van der Waals surface area contributed by atoms with Crippen LogP contribution in [-0.4, -0.2) is 48.3 Å². The maximum absolute atomic E-state index is 12.6. The van der Waals surface area contributed by atoms with Crippen molar-refractivity contribution < 1.29 is 9.59 Å². The van der Waals surface area contributed by atoms with Crippen LogP contribution in [0.25, 0.3) is 0 Å². The lowest BCUT2D eigenvalue weighted by molar-refractivity contribution is -0.133. The molecule has 0 unspecified atom stereocenters. The molecular weight excluding hydrogens is 302 g/mol. The molecule has 0 radical (unpaired) electrons. The molecule has 0 bridgehead atoms. The van der Waals surface area contributed by atoms with Gasteiger partial charge in [-0.2, -0.15) is 0 Å². The standard InChI is InChI=1S/C19H29N3O2/c1-14(2)18(23)21(3)13-16-4-6-17(7-5-16)19(24)22-10-8-15(12-20)9-11-22/h4-7,14-15H,8-13,20H2,1-3H3. The molecule has 24 heavy (non-hydrogen) atoms. The molecule has 2 N–H and O–H groups in total. The van der Waals surface area contributed by atoms with Gasteiger partial charge in [0.1, 0.15) is 0 Å². The number of rotatable bonds is 5. The van der Waals surface area contributed by atoms with Gasteiger partial charge < -0.3 is 15.5 Å². The second kappa shape index (κ2) is 8.29. The normalized spacial score (nSPS) is 15.6. The SMILES string of the molecule is CC(C)C(=O)N(C)Cc1ccc(C(=O)N2CCC(CN)CC2)cc1. The van der Waals surface area contributed by atoms with E-state index in [9.17, 15) is 9.59 Å². The zero-order valence-corrected chi connectivity index (χ0v) is 15.0. The molecule has 2 rings (SSSR count). The van der Waals surface area contributed by atoms with E-state index < -0.39 is 0 Å². The van der Waals surface area contributed by atoms with Gasteiger partial charge in [-0.15, -0.1) is 0 Å². The van der Waals surface area contributed by atoms with E-state index in [2.05, 4.69) is 0 Å². The van der Waals surface area contributed by atoms with Gasteiger partial charge in [0, 0.05) is 38.2 Å². The van der Waals surface area contributed by atoms with Crippen LogP contribution in [0.15, 0.2) is 24.3 Å². The Kier molecular flexibility index (Phi) is 6.37. The van der Waals surface area contributed by atoms with Crippen LogP contribution in [0.5, 0.6) is 0 Å². The lowest BCUT2D eigenvalue weighted by atomic mass is 9.96. The van der Waals surface area contributed by atoms with Crippen LogP contribution >= 0.6 is 0 Å². The Morgan fingerprint density at radius 2 is 1.79 bits per heavy atom. The van der Waals surface area contributed by atoms with Crippen molar-refractivity contribution in [2.24, 2.45) is 17.6 Å². The first-order valence-electron chi connectivity index (χ1n) is 8.75. The number of carbonyl (C=O) groups is 2. The van der Waals surface area contributed by atoms with E-state index in [0.717, 1.165) is 31.5 Å². The molecule has 1 aliphatic heterocycles. The van der Waals surface area contributed by atoms with Crippen LogP contribution in [0.3, 0.4) is 0 Å². The Balaban J connectivity index is 1.94. The molecule has 1 aromatic rings. The molecule has 1 saturated heterocycles. The molecule has 1 aliphatic rings. The molecule has 2 amide bonds. The highest BCUT2D eigenvalue weighted by molar-refractivity contribution is 5.94. The van der Waals surface area contributed by atoms with Gasteiger partial charge in [0.15, 0.2) is 0 Å². The average Bonchev–Trinajstić information content (AvgIpc) is 2.61. The average molecular weight is 331 g/mol. The van der Waals surface area contributed by atoms with Crippen molar-refractivity contribution in [3.05, 3.63) is 35.4 Å². The van der Waals surface area contributed by atoms with Gasteiger partial charge in [-0.3, -0.25) is 9.59 Å². The van der Waals surface area contributed by atoms with Crippen molar-refractivity contribution in [1.29, 1.82) is 0 Å². The van der Waals surface area contributed by atoms with E-state index in [-0.39, 0.29) is 17.7 Å². The number of benzene rings is 1. The summed E-state index contributed by atoms with van der Waals surface area (Å²) in [5.41, 5.74) is 7.44. The fourth-order valence-corrected chi connectivity index (χ4v) is 3.10. The molecule has 0 aliphatic carbocycles. The van der Waals surface area contributed by atoms with Crippen molar-refractivity contribution in [2.75, 3.05) is 26.7 Å². The van der Waals surface area contributed by atoms with E-state index in [0.29, 0.717) is 24.6 Å². The minimum absolute atomic E-state index is 0.00713. The second-order valence-electron chi connectivity index (χ2n) is 7.02. The predicted molar refractivity (Wildman–Crippen MR) is 95.4 cm³/mol. The molecule has 1 fully saturated rings. The first kappa shape index (κ1) is 18.5. The fraction of sp³-hybridized carbons (Fsp3) is 0.579. The molecule has 0 aromatic heterocycles. The summed E-state index contributed by atoms with van der Waals surface area (Å²) in [5.74, 6) is 0.749. The van der Waals surface area contributed by atoms with Gasteiger partial charge in [-0.25, -0.2) is 0 Å². The zero-order chi connectivity index (χ0) is 17.7. The van der Waals surface area contributed by atoms with Crippen molar-refractivity contribution in [3.63, 3.8) is 0 Å². The third kappa shape index (κ3) is 4.57. The van der Waals surface area contributed by atoms with Crippen molar-refractivity contribution >= 4 is 11.8 Å². The van der Waals surface area contributed by atoms with Crippen LogP contribution in [-0.2, 0) is 11.3 Å². The fourth-order valence-electron chi connectivity index (χ4n) is 3.10. The monoisotopic (exact) mass is 331 g/mol. The quantitative estimate of drug-likeness (QED) is 0.898. The largest absolute Gasteiger partial charge is 0.341 e. The number of hydrogen-bond acceptors (Lipinski definition) is 3. The maximum atomic E-state index is 12.6. The van der Waals surface area contributed by atoms with Crippen LogP contribution < -0.4 is 5.73 Å². The number of nitrogens with two attached hydrogens (primary N) is 1.